The number of nitrogens with two attached hydrogens (primary N) is 1. The minimum absolute atomic E-state index is 0.724. The van der Waals surface area contributed by atoms with Crippen LogP contribution in [0.25, 0.3) is 22.2 Å². The maximum absolute atomic E-state index is 5.96. The van der Waals surface area contributed by atoms with Crippen LogP contribution in [0.4, 0.5) is 5.69 Å². The third-order valence-electron chi connectivity index (χ3n) is 3.10. The van der Waals surface area contributed by atoms with Crippen LogP contribution in [0.1, 0.15) is 5.56 Å². The smallest absolute Gasteiger partial charge is 0.0938 e. The van der Waals surface area contributed by atoms with Gasteiger partial charge < -0.3 is 5.73 Å². The minimum Gasteiger partial charge on any atom is -0.397 e. The predicted octanol–water partition coefficient (Wildman–Crippen LogP) is 3.79. The van der Waals surface area contributed by atoms with Crippen molar-refractivity contribution in [3.8, 4) is 11.3 Å². The number of hydrogen-bond donors (Lipinski definition) is 1. The zero-order chi connectivity index (χ0) is 12.5. The Morgan fingerprint density at radius 3 is 2.44 bits per heavy atom. The molecular formula is C16H14N2. The lowest BCUT2D eigenvalue weighted by atomic mass is 10.1. The first-order chi connectivity index (χ1) is 8.74. The van der Waals surface area contributed by atoms with E-state index >= 15 is 0 Å². The van der Waals surface area contributed by atoms with E-state index in [0.29, 0.717) is 0 Å². The Morgan fingerprint density at radius 1 is 0.889 bits per heavy atom. The topological polar surface area (TPSA) is 38.9 Å². The number of nitrogens with zero attached hydrogens (tertiary/aromatic N) is 1. The zero-order valence-corrected chi connectivity index (χ0v) is 10.2. The second kappa shape index (κ2) is 4.15. The van der Waals surface area contributed by atoms with Crippen LogP contribution >= 0.6 is 0 Å². The Kier molecular flexibility index (Phi) is 2.49. The molecule has 18 heavy (non-hydrogen) atoms. The molecule has 0 aliphatic heterocycles. The summed E-state index contributed by atoms with van der Waals surface area (Å²) >= 11 is 0. The normalized spacial score (nSPS) is 10.7. The number of pyridine rings is 1. The first-order valence-corrected chi connectivity index (χ1v) is 5.96. The van der Waals surface area contributed by atoms with Crippen molar-refractivity contribution < 1.29 is 0 Å². The summed E-state index contributed by atoms with van der Waals surface area (Å²) < 4.78 is 0. The van der Waals surface area contributed by atoms with Crippen LogP contribution in [0.3, 0.4) is 0 Å². The third-order valence-corrected chi connectivity index (χ3v) is 3.10. The van der Waals surface area contributed by atoms with E-state index in [4.69, 9.17) is 5.73 Å². The molecule has 2 N–H and O–H groups in total. The summed E-state index contributed by atoms with van der Waals surface area (Å²) in [6.45, 7) is 2.08. The van der Waals surface area contributed by atoms with E-state index in [1.165, 1.54) is 5.56 Å². The number of anilines is 1. The Morgan fingerprint density at radius 2 is 1.67 bits per heavy atom. The van der Waals surface area contributed by atoms with Crippen molar-refractivity contribution in [3.05, 3.63) is 60.2 Å². The van der Waals surface area contributed by atoms with Crippen molar-refractivity contribution in [2.75, 3.05) is 5.73 Å². The van der Waals surface area contributed by atoms with Gasteiger partial charge in [-0.15, -0.1) is 0 Å². The number of nitrogen functional groups attached to an aromatic ring is 1. The number of aryl methyl sites for hydroxylation is 1. The molecule has 2 heteroatoms. The van der Waals surface area contributed by atoms with Crippen LogP contribution in [0, 0.1) is 6.92 Å². The van der Waals surface area contributed by atoms with Gasteiger partial charge in [0, 0.05) is 10.9 Å². The highest BCUT2D eigenvalue weighted by Crippen LogP contribution is 2.24. The van der Waals surface area contributed by atoms with Crippen LogP contribution in [0.15, 0.2) is 54.6 Å². The molecule has 0 saturated carbocycles. The Bertz CT molecular complexity index is 700. The summed E-state index contributed by atoms with van der Waals surface area (Å²) in [6, 6.07) is 18.3. The molecule has 0 aliphatic carbocycles. The number of benzene rings is 2. The number of aromatic nitrogens is 1. The molecule has 3 rings (SSSR count). The molecule has 0 saturated heterocycles. The van der Waals surface area contributed by atoms with Crippen molar-refractivity contribution >= 4 is 16.6 Å². The van der Waals surface area contributed by atoms with Crippen molar-refractivity contribution in [2.45, 2.75) is 6.92 Å². The van der Waals surface area contributed by atoms with Crippen molar-refractivity contribution in [1.29, 1.82) is 0 Å². The van der Waals surface area contributed by atoms with Gasteiger partial charge >= 0.3 is 0 Å². The minimum atomic E-state index is 0.724. The molecule has 1 heterocycles. The van der Waals surface area contributed by atoms with Gasteiger partial charge in [-0.05, 0) is 19.1 Å². The molecule has 0 atom stereocenters. The van der Waals surface area contributed by atoms with Gasteiger partial charge in [0.15, 0.2) is 0 Å². The molecule has 2 aromatic carbocycles. The molecule has 0 amide bonds. The van der Waals surface area contributed by atoms with E-state index < -0.39 is 0 Å². The first-order valence-electron chi connectivity index (χ1n) is 5.96. The average Bonchev–Trinajstić information content (AvgIpc) is 2.40. The molecule has 0 unspecified atom stereocenters. The van der Waals surface area contributed by atoms with Crippen LogP contribution in [0.5, 0.6) is 0 Å². The summed E-state index contributed by atoms with van der Waals surface area (Å²) in [5.74, 6) is 0. The second-order valence-corrected chi connectivity index (χ2v) is 4.48. The lowest BCUT2D eigenvalue weighted by Crippen LogP contribution is -1.91. The maximum atomic E-state index is 5.96. The monoisotopic (exact) mass is 234 g/mol. The van der Waals surface area contributed by atoms with E-state index in [1.54, 1.807) is 0 Å². The van der Waals surface area contributed by atoms with Crippen LogP contribution in [0.2, 0.25) is 0 Å². The van der Waals surface area contributed by atoms with Crippen molar-refractivity contribution in [2.24, 2.45) is 0 Å². The maximum Gasteiger partial charge on any atom is 0.0938 e. The van der Waals surface area contributed by atoms with Gasteiger partial charge in [0.1, 0.15) is 0 Å². The predicted molar refractivity (Wildman–Crippen MR) is 76.3 cm³/mol. The SMILES string of the molecule is Cc1ccc(-c2ccc3cccc(N)c3n2)cc1. The fourth-order valence-corrected chi connectivity index (χ4v) is 2.06. The second-order valence-electron chi connectivity index (χ2n) is 4.48. The molecule has 0 aliphatic rings. The molecule has 0 bridgehead atoms. The summed E-state index contributed by atoms with van der Waals surface area (Å²) in [5, 5.41) is 1.07. The quantitative estimate of drug-likeness (QED) is 0.650. The van der Waals surface area contributed by atoms with Gasteiger partial charge in [0.25, 0.3) is 0 Å². The molecule has 1 aromatic heterocycles. The van der Waals surface area contributed by atoms with Crippen LogP contribution < -0.4 is 5.73 Å². The van der Waals surface area contributed by atoms with E-state index in [9.17, 15) is 0 Å². The molecular weight excluding hydrogens is 220 g/mol. The van der Waals surface area contributed by atoms with Gasteiger partial charge in [0.05, 0.1) is 16.9 Å². The Labute approximate surface area is 106 Å². The molecule has 2 nitrogen and oxygen atoms in total. The van der Waals surface area contributed by atoms with E-state index in [0.717, 1.165) is 27.8 Å². The first kappa shape index (κ1) is 10.8. The van der Waals surface area contributed by atoms with Crippen LogP contribution in [-0.4, -0.2) is 4.98 Å². The van der Waals surface area contributed by atoms with Gasteiger partial charge in [-0.25, -0.2) is 4.98 Å². The van der Waals surface area contributed by atoms with E-state index in [2.05, 4.69) is 42.2 Å². The van der Waals surface area contributed by atoms with Gasteiger partial charge in [0.2, 0.25) is 0 Å². The fraction of sp³-hybridized carbons (Fsp3) is 0.0625. The molecule has 0 fully saturated rings. The van der Waals surface area contributed by atoms with Gasteiger partial charge in [-0.1, -0.05) is 48.0 Å². The lowest BCUT2D eigenvalue weighted by Gasteiger charge is -2.05. The number of hydrogen-bond acceptors (Lipinski definition) is 2. The van der Waals surface area contributed by atoms with Crippen molar-refractivity contribution in [3.63, 3.8) is 0 Å². The highest BCUT2D eigenvalue weighted by atomic mass is 14.7. The largest absolute Gasteiger partial charge is 0.397 e. The standard InChI is InChI=1S/C16H14N2/c1-11-5-7-12(8-6-11)15-10-9-13-3-2-4-14(17)16(13)18-15/h2-10H,17H2,1H3. The number of fused-ring (bicyclic) bond motifs is 1. The fourth-order valence-electron chi connectivity index (χ4n) is 2.06. The van der Waals surface area contributed by atoms with E-state index in [1.807, 2.05) is 24.3 Å². The highest BCUT2D eigenvalue weighted by molar-refractivity contribution is 5.90. The molecule has 88 valence electrons. The third kappa shape index (κ3) is 1.82. The van der Waals surface area contributed by atoms with Gasteiger partial charge in [-0.2, -0.15) is 0 Å². The highest BCUT2D eigenvalue weighted by Gasteiger charge is 2.03. The van der Waals surface area contributed by atoms with Crippen molar-refractivity contribution in [1.82, 2.24) is 4.98 Å². The van der Waals surface area contributed by atoms with Crippen LogP contribution in [-0.2, 0) is 0 Å². The Balaban J connectivity index is 2.18. The average molecular weight is 234 g/mol. The summed E-state index contributed by atoms with van der Waals surface area (Å²) in [5.41, 5.74) is 10.9. The summed E-state index contributed by atoms with van der Waals surface area (Å²) in [6.07, 6.45) is 0. The number of rotatable bonds is 1. The number of para-hydroxylation sites is 1. The lowest BCUT2D eigenvalue weighted by molar-refractivity contribution is 1.38. The summed E-state index contributed by atoms with van der Waals surface area (Å²) in [7, 11) is 0. The summed E-state index contributed by atoms with van der Waals surface area (Å²) in [4.78, 5) is 4.65. The molecule has 0 radical (unpaired) electrons. The molecule has 0 spiro atoms. The van der Waals surface area contributed by atoms with E-state index in [-0.39, 0.29) is 0 Å². The van der Waals surface area contributed by atoms with Gasteiger partial charge in [-0.3, -0.25) is 0 Å². The molecule has 3 aromatic rings. The zero-order valence-electron chi connectivity index (χ0n) is 10.2. The Hall–Kier alpha value is -2.35.